The van der Waals surface area contributed by atoms with Crippen molar-refractivity contribution < 1.29 is 19.5 Å². The van der Waals surface area contributed by atoms with Gasteiger partial charge in [0.05, 0.1) is 16.8 Å². The molecular weight excluding hydrogens is 490 g/mol. The molecule has 0 fully saturated rings. The number of halogens is 1. The van der Waals surface area contributed by atoms with Crippen molar-refractivity contribution in [1.29, 1.82) is 0 Å². The summed E-state index contributed by atoms with van der Waals surface area (Å²) in [6.45, 7) is 6.03. The summed E-state index contributed by atoms with van der Waals surface area (Å²) >= 11 is 2.10. The molecule has 0 bridgehead atoms. The Labute approximate surface area is 192 Å². The minimum absolute atomic E-state index is 0.150. The van der Waals surface area contributed by atoms with Crippen LogP contribution in [0.1, 0.15) is 30.9 Å². The maximum atomic E-state index is 10.1. The van der Waals surface area contributed by atoms with E-state index < -0.39 is 7.12 Å². The van der Waals surface area contributed by atoms with Gasteiger partial charge in [0.1, 0.15) is 0 Å². The summed E-state index contributed by atoms with van der Waals surface area (Å²) in [4.78, 5) is 0. The molecule has 0 saturated carbocycles. The number of hydrogen-bond donors (Lipinski definition) is 2. The highest BCUT2D eigenvalue weighted by molar-refractivity contribution is 14.1. The summed E-state index contributed by atoms with van der Waals surface area (Å²) in [7, 11) is 0.777. The average Bonchev–Trinajstić information content (AvgIpc) is 2.73. The zero-order valence-electron chi connectivity index (χ0n) is 17.3. The number of methoxy groups -OCH3 is 1. The first-order chi connectivity index (χ1) is 14.4. The van der Waals surface area contributed by atoms with Gasteiger partial charge < -0.3 is 19.5 Å². The lowest BCUT2D eigenvalue weighted by Crippen LogP contribution is -2.31. The number of ether oxygens (including phenoxy) is 1. The van der Waals surface area contributed by atoms with Gasteiger partial charge in [-0.15, -0.1) is 0 Å². The SMILES string of the molecule is C=C(C)C1=CCB(O)OC1CC/C(=C/c1cc(I)c(O)c(OC)c1)c1ccccc1. The van der Waals surface area contributed by atoms with Crippen LogP contribution in [-0.4, -0.2) is 30.5 Å². The standard InChI is InChI=1S/C24H26BIO4/c1-16(2)20-11-12-25(28)30-22(20)10-9-19(18-7-5-4-6-8-18)13-17-14-21(26)24(27)23(15-17)29-3/h4-8,11,13-15,22,27-28H,1,9-10,12H2,2-3H3/b19-13-. The lowest BCUT2D eigenvalue weighted by Gasteiger charge is -2.27. The maximum absolute atomic E-state index is 10.1. The second-order valence-corrected chi connectivity index (χ2v) is 8.54. The third-order valence-electron chi connectivity index (χ3n) is 5.13. The molecular formula is C24H26BIO4. The van der Waals surface area contributed by atoms with Crippen LogP contribution in [0.4, 0.5) is 0 Å². The minimum atomic E-state index is -0.773. The molecule has 2 aromatic rings. The number of benzene rings is 2. The topological polar surface area (TPSA) is 58.9 Å². The highest BCUT2D eigenvalue weighted by Gasteiger charge is 2.27. The van der Waals surface area contributed by atoms with Crippen LogP contribution in [0.15, 0.2) is 66.3 Å². The van der Waals surface area contributed by atoms with Crippen LogP contribution in [0.2, 0.25) is 6.32 Å². The first kappa shape index (κ1) is 22.7. The molecule has 30 heavy (non-hydrogen) atoms. The van der Waals surface area contributed by atoms with E-state index in [-0.39, 0.29) is 11.9 Å². The summed E-state index contributed by atoms with van der Waals surface area (Å²) in [6, 6.07) is 14.0. The molecule has 0 aliphatic carbocycles. The van der Waals surface area contributed by atoms with Crippen LogP contribution in [-0.2, 0) is 4.65 Å². The van der Waals surface area contributed by atoms with E-state index in [1.807, 2.05) is 43.3 Å². The van der Waals surface area contributed by atoms with E-state index in [9.17, 15) is 10.1 Å². The highest BCUT2D eigenvalue weighted by atomic mass is 127. The van der Waals surface area contributed by atoms with Gasteiger partial charge in [-0.05, 0) is 76.8 Å². The Hall–Kier alpha value is -2.03. The number of hydrogen-bond acceptors (Lipinski definition) is 4. The molecule has 3 rings (SSSR count). The zero-order chi connectivity index (χ0) is 21.7. The summed E-state index contributed by atoms with van der Waals surface area (Å²) in [5, 5.41) is 20.1. The Bertz CT molecular complexity index is 969. The summed E-state index contributed by atoms with van der Waals surface area (Å²) in [5.74, 6) is 0.601. The Kier molecular flexibility index (Phi) is 7.80. The molecule has 0 spiro atoms. The van der Waals surface area contributed by atoms with Gasteiger partial charge in [-0.3, -0.25) is 0 Å². The quantitative estimate of drug-likeness (QED) is 0.282. The number of aromatic hydroxyl groups is 1. The first-order valence-electron chi connectivity index (χ1n) is 9.91. The Morgan fingerprint density at radius 2 is 2.07 bits per heavy atom. The van der Waals surface area contributed by atoms with Crippen molar-refractivity contribution in [3.8, 4) is 11.5 Å². The molecule has 0 saturated heterocycles. The second kappa shape index (κ2) is 10.3. The van der Waals surface area contributed by atoms with Crippen LogP contribution >= 0.6 is 22.6 Å². The summed E-state index contributed by atoms with van der Waals surface area (Å²) in [6.07, 6.45) is 5.93. The molecule has 6 heteroatoms. The zero-order valence-corrected chi connectivity index (χ0v) is 19.4. The normalized spacial score (nSPS) is 16.9. The third-order valence-corrected chi connectivity index (χ3v) is 5.95. The highest BCUT2D eigenvalue weighted by Crippen LogP contribution is 2.35. The number of phenols is 1. The van der Waals surface area contributed by atoms with Crippen molar-refractivity contribution in [3.63, 3.8) is 0 Å². The van der Waals surface area contributed by atoms with E-state index in [4.69, 9.17) is 9.39 Å². The van der Waals surface area contributed by atoms with Crippen LogP contribution in [0, 0.1) is 3.57 Å². The molecule has 156 valence electrons. The molecule has 1 atom stereocenters. The predicted molar refractivity (Wildman–Crippen MR) is 131 cm³/mol. The van der Waals surface area contributed by atoms with Gasteiger partial charge in [0.25, 0.3) is 0 Å². The number of allylic oxidation sites excluding steroid dienone is 2. The Morgan fingerprint density at radius 3 is 2.73 bits per heavy atom. The van der Waals surface area contributed by atoms with Crippen LogP contribution < -0.4 is 4.74 Å². The van der Waals surface area contributed by atoms with E-state index in [0.29, 0.717) is 12.1 Å². The fourth-order valence-electron chi connectivity index (χ4n) is 3.62. The molecule has 1 aliphatic rings. The van der Waals surface area contributed by atoms with Gasteiger partial charge in [0, 0.05) is 6.32 Å². The van der Waals surface area contributed by atoms with Gasteiger partial charge >= 0.3 is 7.12 Å². The van der Waals surface area contributed by atoms with Gasteiger partial charge in [-0.1, -0.05) is 54.6 Å². The van der Waals surface area contributed by atoms with Crippen molar-refractivity contribution in [3.05, 3.63) is 81.0 Å². The molecule has 1 heterocycles. The average molecular weight is 516 g/mol. The summed E-state index contributed by atoms with van der Waals surface area (Å²) < 4.78 is 11.9. The van der Waals surface area contributed by atoms with Crippen LogP contribution in [0.3, 0.4) is 0 Å². The largest absolute Gasteiger partial charge is 0.504 e. The number of rotatable bonds is 7. The van der Waals surface area contributed by atoms with Crippen molar-refractivity contribution in [2.45, 2.75) is 32.2 Å². The molecule has 0 radical (unpaired) electrons. The van der Waals surface area contributed by atoms with Crippen molar-refractivity contribution in [1.82, 2.24) is 0 Å². The third kappa shape index (κ3) is 5.56. The van der Waals surface area contributed by atoms with Crippen LogP contribution in [0.5, 0.6) is 11.5 Å². The van der Waals surface area contributed by atoms with Gasteiger partial charge in [-0.25, -0.2) is 0 Å². The van der Waals surface area contributed by atoms with E-state index in [1.54, 1.807) is 7.11 Å². The molecule has 0 aromatic heterocycles. The fraction of sp³-hybridized carbons (Fsp3) is 0.250. The van der Waals surface area contributed by atoms with E-state index >= 15 is 0 Å². The lowest BCUT2D eigenvalue weighted by molar-refractivity contribution is 0.184. The maximum Gasteiger partial charge on any atom is 0.458 e. The molecule has 4 nitrogen and oxygen atoms in total. The molecule has 2 N–H and O–H groups in total. The molecule has 0 amide bonds. The molecule has 1 unspecified atom stereocenters. The van der Waals surface area contributed by atoms with E-state index in [1.165, 1.54) is 0 Å². The van der Waals surface area contributed by atoms with Gasteiger partial charge in [-0.2, -0.15) is 0 Å². The Morgan fingerprint density at radius 1 is 1.33 bits per heavy atom. The predicted octanol–water partition coefficient (Wildman–Crippen LogP) is 5.71. The Balaban J connectivity index is 1.92. The number of phenolic OH excluding ortho intramolecular Hbond substituents is 1. The summed E-state index contributed by atoms with van der Waals surface area (Å²) in [5.41, 5.74) is 5.25. The monoisotopic (exact) mass is 516 g/mol. The second-order valence-electron chi connectivity index (χ2n) is 7.38. The minimum Gasteiger partial charge on any atom is -0.504 e. The molecule has 1 aliphatic heterocycles. The molecule has 2 aromatic carbocycles. The van der Waals surface area contributed by atoms with Gasteiger partial charge in [0.15, 0.2) is 11.5 Å². The van der Waals surface area contributed by atoms with Gasteiger partial charge in [0.2, 0.25) is 0 Å². The van der Waals surface area contributed by atoms with Crippen molar-refractivity contribution in [2.75, 3.05) is 7.11 Å². The van der Waals surface area contributed by atoms with E-state index in [2.05, 4.69) is 47.4 Å². The lowest BCUT2D eigenvalue weighted by atomic mass is 9.78. The van der Waals surface area contributed by atoms with Crippen molar-refractivity contribution >= 4 is 41.4 Å². The van der Waals surface area contributed by atoms with Crippen LogP contribution in [0.25, 0.3) is 11.6 Å². The smallest absolute Gasteiger partial charge is 0.458 e. The van der Waals surface area contributed by atoms with Crippen molar-refractivity contribution in [2.24, 2.45) is 0 Å². The first-order valence-corrected chi connectivity index (χ1v) is 11.0. The fourth-order valence-corrected chi connectivity index (χ4v) is 4.25. The van der Waals surface area contributed by atoms with E-state index in [0.717, 1.165) is 44.3 Å².